The van der Waals surface area contributed by atoms with Crippen LogP contribution < -0.4 is 5.73 Å². The maximum atomic E-state index is 12.5. The fraction of sp³-hybridized carbons (Fsp3) is 0. The molecule has 0 saturated carbocycles. The zero-order valence-corrected chi connectivity index (χ0v) is 5.84. The molecule has 3 heteroatoms. The van der Waals surface area contributed by atoms with Crippen molar-refractivity contribution >= 4 is 5.70 Å². The first-order chi connectivity index (χ1) is 5.24. The first-order valence-corrected chi connectivity index (χ1v) is 3.00. The number of aromatic nitrogens is 1. The summed E-state index contributed by atoms with van der Waals surface area (Å²) in [6.45, 7) is 3.33. The zero-order valence-electron chi connectivity index (χ0n) is 5.84. The van der Waals surface area contributed by atoms with E-state index in [-0.39, 0.29) is 0 Å². The van der Waals surface area contributed by atoms with Crippen LogP contribution in [0.1, 0.15) is 5.56 Å². The zero-order chi connectivity index (χ0) is 8.27. The molecule has 2 N–H and O–H groups in total. The smallest absolute Gasteiger partial charge is 0.142 e. The molecule has 0 aromatic carbocycles. The van der Waals surface area contributed by atoms with Gasteiger partial charge in [0, 0.05) is 11.8 Å². The minimum atomic E-state index is -0.416. The van der Waals surface area contributed by atoms with E-state index >= 15 is 0 Å². The van der Waals surface area contributed by atoms with Crippen LogP contribution in [-0.2, 0) is 0 Å². The van der Waals surface area contributed by atoms with Gasteiger partial charge in [0.05, 0.1) is 11.9 Å². The Kier molecular flexibility index (Phi) is 2.04. The van der Waals surface area contributed by atoms with Gasteiger partial charge in [-0.25, -0.2) is 4.39 Å². The lowest BCUT2D eigenvalue weighted by atomic mass is 10.2. The SMILES string of the molecule is C=C=C(N)c1cncc(F)c1. The summed E-state index contributed by atoms with van der Waals surface area (Å²) in [6, 6.07) is 1.28. The number of hydrogen-bond acceptors (Lipinski definition) is 2. The topological polar surface area (TPSA) is 38.9 Å². The van der Waals surface area contributed by atoms with Gasteiger partial charge in [-0.05, 0) is 6.07 Å². The van der Waals surface area contributed by atoms with Crippen molar-refractivity contribution < 1.29 is 4.39 Å². The third-order valence-electron chi connectivity index (χ3n) is 1.21. The van der Waals surface area contributed by atoms with Crippen molar-refractivity contribution in [1.82, 2.24) is 4.98 Å². The fourth-order valence-corrected chi connectivity index (χ4v) is 0.661. The Balaban J connectivity index is 3.15. The van der Waals surface area contributed by atoms with Gasteiger partial charge in [0.1, 0.15) is 5.82 Å². The van der Waals surface area contributed by atoms with Gasteiger partial charge in [0.25, 0.3) is 0 Å². The summed E-state index contributed by atoms with van der Waals surface area (Å²) >= 11 is 0. The highest BCUT2D eigenvalue weighted by Gasteiger charge is 1.96. The van der Waals surface area contributed by atoms with Crippen molar-refractivity contribution in [3.8, 4) is 0 Å². The summed E-state index contributed by atoms with van der Waals surface area (Å²) in [4.78, 5) is 3.61. The first kappa shape index (κ1) is 7.51. The predicted molar refractivity (Wildman–Crippen MR) is 40.9 cm³/mol. The summed E-state index contributed by atoms with van der Waals surface area (Å²) < 4.78 is 12.5. The highest BCUT2D eigenvalue weighted by molar-refractivity contribution is 5.60. The number of nitrogens with two attached hydrogens (primary N) is 1. The predicted octanol–water partition coefficient (Wildman–Crippen LogP) is 1.31. The summed E-state index contributed by atoms with van der Waals surface area (Å²) in [5.74, 6) is -0.416. The van der Waals surface area contributed by atoms with Gasteiger partial charge in [-0.2, -0.15) is 0 Å². The second kappa shape index (κ2) is 2.99. The molecule has 0 aliphatic carbocycles. The highest BCUT2D eigenvalue weighted by atomic mass is 19.1. The largest absolute Gasteiger partial charge is 0.392 e. The molecular weight excluding hydrogens is 143 g/mol. The van der Waals surface area contributed by atoms with E-state index < -0.39 is 5.82 Å². The summed E-state index contributed by atoms with van der Waals surface area (Å²) in [5.41, 5.74) is 8.65. The van der Waals surface area contributed by atoms with Gasteiger partial charge in [-0.1, -0.05) is 6.58 Å². The van der Waals surface area contributed by atoms with E-state index in [0.717, 1.165) is 6.20 Å². The molecule has 1 rings (SSSR count). The van der Waals surface area contributed by atoms with E-state index in [4.69, 9.17) is 5.73 Å². The lowest BCUT2D eigenvalue weighted by Gasteiger charge is -1.95. The van der Waals surface area contributed by atoms with Crippen LogP contribution in [-0.4, -0.2) is 4.98 Å². The molecule has 0 spiro atoms. The number of hydrogen-bond donors (Lipinski definition) is 1. The van der Waals surface area contributed by atoms with E-state index in [1.807, 2.05) is 0 Å². The Labute approximate surface area is 63.9 Å². The van der Waals surface area contributed by atoms with E-state index in [0.29, 0.717) is 11.3 Å². The number of rotatable bonds is 1. The normalized spacial score (nSPS) is 8.82. The van der Waals surface area contributed by atoms with Gasteiger partial charge in [0.2, 0.25) is 0 Å². The second-order valence-electron chi connectivity index (χ2n) is 1.98. The fourth-order valence-electron chi connectivity index (χ4n) is 0.661. The monoisotopic (exact) mass is 150 g/mol. The van der Waals surface area contributed by atoms with Crippen LogP contribution in [0.4, 0.5) is 4.39 Å². The molecule has 0 amide bonds. The van der Waals surface area contributed by atoms with Crippen LogP contribution in [0.3, 0.4) is 0 Å². The van der Waals surface area contributed by atoms with Crippen LogP contribution in [0.15, 0.2) is 30.8 Å². The van der Waals surface area contributed by atoms with Crippen molar-refractivity contribution in [2.24, 2.45) is 5.73 Å². The third kappa shape index (κ3) is 1.66. The minimum Gasteiger partial charge on any atom is -0.392 e. The molecule has 1 aromatic heterocycles. The molecule has 0 atom stereocenters. The van der Waals surface area contributed by atoms with Crippen molar-refractivity contribution in [2.45, 2.75) is 0 Å². The van der Waals surface area contributed by atoms with Crippen molar-refractivity contribution in [1.29, 1.82) is 0 Å². The van der Waals surface area contributed by atoms with E-state index in [1.54, 1.807) is 0 Å². The molecule has 2 nitrogen and oxygen atoms in total. The Morgan fingerprint density at radius 1 is 1.64 bits per heavy atom. The van der Waals surface area contributed by atoms with Gasteiger partial charge in [-0.15, -0.1) is 5.73 Å². The van der Waals surface area contributed by atoms with Crippen LogP contribution in [0.5, 0.6) is 0 Å². The third-order valence-corrected chi connectivity index (χ3v) is 1.21. The van der Waals surface area contributed by atoms with E-state index in [1.165, 1.54) is 12.3 Å². The van der Waals surface area contributed by atoms with Crippen LogP contribution in [0.25, 0.3) is 5.70 Å². The van der Waals surface area contributed by atoms with Crippen LogP contribution in [0, 0.1) is 5.82 Å². The quantitative estimate of drug-likeness (QED) is 0.613. The minimum absolute atomic E-state index is 0.303. The number of nitrogens with zero attached hydrogens (tertiary/aromatic N) is 1. The molecule has 0 aliphatic rings. The van der Waals surface area contributed by atoms with Gasteiger partial charge >= 0.3 is 0 Å². The molecule has 0 radical (unpaired) electrons. The molecule has 56 valence electrons. The van der Waals surface area contributed by atoms with Gasteiger partial charge in [-0.3, -0.25) is 4.98 Å². The maximum Gasteiger partial charge on any atom is 0.142 e. The van der Waals surface area contributed by atoms with Crippen molar-refractivity contribution in [3.05, 3.63) is 42.2 Å². The lowest BCUT2D eigenvalue weighted by Crippen LogP contribution is -1.95. The molecule has 0 saturated heterocycles. The van der Waals surface area contributed by atoms with Crippen LogP contribution in [0.2, 0.25) is 0 Å². The molecule has 1 heterocycles. The lowest BCUT2D eigenvalue weighted by molar-refractivity contribution is 0.621. The molecule has 11 heavy (non-hydrogen) atoms. The average molecular weight is 150 g/mol. The van der Waals surface area contributed by atoms with Crippen molar-refractivity contribution in [2.75, 3.05) is 0 Å². The van der Waals surface area contributed by atoms with E-state index in [2.05, 4.69) is 17.3 Å². The van der Waals surface area contributed by atoms with E-state index in [9.17, 15) is 4.39 Å². The Morgan fingerprint density at radius 2 is 2.36 bits per heavy atom. The van der Waals surface area contributed by atoms with Gasteiger partial charge in [0.15, 0.2) is 0 Å². The maximum absolute atomic E-state index is 12.5. The molecule has 1 aromatic rings. The van der Waals surface area contributed by atoms with Crippen molar-refractivity contribution in [3.63, 3.8) is 0 Å². The first-order valence-electron chi connectivity index (χ1n) is 3.00. The second-order valence-corrected chi connectivity index (χ2v) is 1.98. The number of pyridine rings is 1. The Hall–Kier alpha value is -1.60. The summed E-state index contributed by atoms with van der Waals surface area (Å²) in [6.07, 6.45) is 2.57. The number of halogens is 1. The highest BCUT2D eigenvalue weighted by Crippen LogP contribution is 2.06. The molecule has 0 bridgehead atoms. The molecule has 0 unspecified atom stereocenters. The Morgan fingerprint density at radius 3 is 2.91 bits per heavy atom. The average Bonchev–Trinajstić information content (AvgIpc) is 2.03. The van der Waals surface area contributed by atoms with Crippen LogP contribution >= 0.6 is 0 Å². The summed E-state index contributed by atoms with van der Waals surface area (Å²) in [7, 11) is 0. The molecular formula is C8H7FN2. The molecule has 0 aliphatic heterocycles. The molecule has 0 fully saturated rings. The summed E-state index contributed by atoms with van der Waals surface area (Å²) in [5, 5.41) is 0. The van der Waals surface area contributed by atoms with Gasteiger partial charge < -0.3 is 5.73 Å². The standard InChI is InChI=1S/C8H7FN2/c1-2-8(10)6-3-7(9)5-11-4-6/h3-5H,1,10H2. The Bertz CT molecular complexity index is 314.